The van der Waals surface area contributed by atoms with Crippen LogP contribution in [0.5, 0.6) is 0 Å². The highest BCUT2D eigenvalue weighted by molar-refractivity contribution is 7.80. The van der Waals surface area contributed by atoms with Gasteiger partial charge in [0, 0.05) is 24.0 Å². The zero-order valence-corrected chi connectivity index (χ0v) is 31.3. The molecule has 7 nitrogen and oxygen atoms in total. The fourth-order valence-electron chi connectivity index (χ4n) is 5.75. The maximum absolute atomic E-state index is 12.8. The second kappa shape index (κ2) is 20.8. The van der Waals surface area contributed by atoms with Crippen molar-refractivity contribution >= 4 is 35.1 Å². The Bertz CT molecular complexity index is 1640. The number of ether oxygens (including phenoxy) is 2. The Morgan fingerprint density at radius 3 is 1.41 bits per heavy atom. The average Bonchev–Trinajstić information content (AvgIpc) is 3.11. The summed E-state index contributed by atoms with van der Waals surface area (Å²) in [6, 6.07) is 26.7. The van der Waals surface area contributed by atoms with Gasteiger partial charge in [-0.05, 0) is 73.9 Å². The highest BCUT2D eigenvalue weighted by atomic mass is 32.1. The molecule has 4 aromatic rings. The number of hydrogen-bond donors (Lipinski definition) is 2. The minimum atomic E-state index is -0.718. The van der Waals surface area contributed by atoms with Gasteiger partial charge in [-0.1, -0.05) is 130 Å². The third-order valence-corrected chi connectivity index (χ3v) is 8.96. The summed E-state index contributed by atoms with van der Waals surface area (Å²) in [7, 11) is 2.74. The summed E-state index contributed by atoms with van der Waals surface area (Å²) in [5.74, 6) is -0.993. The summed E-state index contributed by atoms with van der Waals surface area (Å²) in [6.07, 6.45) is 2.57. The van der Waals surface area contributed by atoms with Gasteiger partial charge in [-0.15, -0.1) is 0 Å². The fraction of sp³-hybridized carbons (Fsp3) is 0.349. The van der Waals surface area contributed by atoms with Gasteiger partial charge in [0.1, 0.15) is 17.1 Å². The molecule has 0 saturated heterocycles. The number of methoxy groups -OCH3 is 2. The van der Waals surface area contributed by atoms with Gasteiger partial charge >= 0.3 is 11.9 Å². The molecule has 4 aromatic carbocycles. The fourth-order valence-corrected chi connectivity index (χ4v) is 6.18. The molecular formula is C43H54N2O5S. The van der Waals surface area contributed by atoms with Crippen LogP contribution in [0.3, 0.4) is 0 Å². The summed E-state index contributed by atoms with van der Waals surface area (Å²) >= 11 is 5.62. The number of hydrogen-bond acceptors (Lipinski definition) is 6. The lowest BCUT2D eigenvalue weighted by molar-refractivity contribution is -0.143. The maximum atomic E-state index is 12.8. The van der Waals surface area contributed by atoms with Crippen LogP contribution >= 0.6 is 12.2 Å². The number of nitrogens with one attached hydrogen (secondary N) is 2. The van der Waals surface area contributed by atoms with E-state index in [0.29, 0.717) is 23.4 Å². The summed E-state index contributed by atoms with van der Waals surface area (Å²) in [6.45, 7) is 12.1. The first-order valence-corrected chi connectivity index (χ1v) is 17.4. The first-order chi connectivity index (χ1) is 23.9. The molecule has 2 N–H and O–H groups in total. The Morgan fingerprint density at radius 1 is 0.608 bits per heavy atom. The first-order valence-electron chi connectivity index (χ1n) is 17.0. The van der Waals surface area contributed by atoms with Crippen molar-refractivity contribution in [1.82, 2.24) is 10.6 Å². The van der Waals surface area contributed by atoms with Crippen molar-refractivity contribution in [2.24, 2.45) is 0 Å². The van der Waals surface area contributed by atoms with Gasteiger partial charge in [-0.2, -0.15) is 0 Å². The largest absolute Gasteiger partial charge is 0.467 e. The predicted octanol–water partition coefficient (Wildman–Crippen LogP) is 7.93. The van der Waals surface area contributed by atoms with E-state index in [9.17, 15) is 14.4 Å². The van der Waals surface area contributed by atoms with Crippen LogP contribution in [-0.4, -0.2) is 49.1 Å². The van der Waals surface area contributed by atoms with Crippen LogP contribution in [0.4, 0.5) is 0 Å². The van der Waals surface area contributed by atoms with E-state index in [1.54, 1.807) is 0 Å². The molecule has 0 aliphatic carbocycles. The molecule has 51 heavy (non-hydrogen) atoms. The van der Waals surface area contributed by atoms with E-state index in [1.807, 2.05) is 113 Å². The van der Waals surface area contributed by atoms with Crippen LogP contribution < -0.4 is 10.6 Å². The van der Waals surface area contributed by atoms with Gasteiger partial charge in [-0.25, -0.2) is 9.59 Å². The zero-order valence-electron chi connectivity index (χ0n) is 30.5. The first kappa shape index (κ1) is 42.3. The van der Waals surface area contributed by atoms with Crippen molar-refractivity contribution in [3.05, 3.63) is 141 Å². The number of aryl methyl sites for hydroxylation is 6. The normalized spacial score (nSPS) is 11.5. The Hall–Kier alpha value is -4.82. The number of amides is 1. The van der Waals surface area contributed by atoms with Crippen molar-refractivity contribution in [2.45, 2.75) is 86.7 Å². The van der Waals surface area contributed by atoms with Crippen molar-refractivity contribution in [3.8, 4) is 0 Å². The van der Waals surface area contributed by atoms with Gasteiger partial charge in [0.25, 0.3) is 5.91 Å². The van der Waals surface area contributed by atoms with Crippen molar-refractivity contribution in [2.75, 3.05) is 14.2 Å². The monoisotopic (exact) mass is 710 g/mol. The lowest BCUT2D eigenvalue weighted by Crippen LogP contribution is -2.43. The molecule has 0 radical (unpaired) electrons. The van der Waals surface area contributed by atoms with Crippen molar-refractivity contribution in [3.63, 3.8) is 0 Å². The van der Waals surface area contributed by atoms with Crippen LogP contribution in [0.2, 0.25) is 0 Å². The number of carbonyl (C=O) groups excluding carboxylic acids is 3. The molecule has 0 aliphatic heterocycles. The van der Waals surface area contributed by atoms with Crippen LogP contribution in [-0.2, 0) is 44.7 Å². The quantitative estimate of drug-likeness (QED) is 0.114. The van der Waals surface area contributed by atoms with Crippen LogP contribution in [0.1, 0.15) is 81.7 Å². The Kier molecular flexibility index (Phi) is 17.2. The van der Waals surface area contributed by atoms with E-state index in [1.165, 1.54) is 25.3 Å². The van der Waals surface area contributed by atoms with E-state index in [4.69, 9.17) is 21.7 Å². The van der Waals surface area contributed by atoms with Gasteiger partial charge in [0.2, 0.25) is 0 Å². The number of benzene rings is 4. The molecule has 0 heterocycles. The predicted molar refractivity (Wildman–Crippen MR) is 212 cm³/mol. The highest BCUT2D eigenvalue weighted by Gasteiger charge is 2.25. The molecule has 0 saturated carbocycles. The summed E-state index contributed by atoms with van der Waals surface area (Å²) in [4.78, 5) is 37.8. The number of carbonyl (C=O) groups is 3. The van der Waals surface area contributed by atoms with Gasteiger partial charge in [0.15, 0.2) is 0 Å². The van der Waals surface area contributed by atoms with Gasteiger partial charge < -0.3 is 20.1 Å². The minimum Gasteiger partial charge on any atom is -0.467 e. The molecule has 8 heteroatoms. The van der Waals surface area contributed by atoms with Crippen LogP contribution in [0.15, 0.2) is 84.9 Å². The molecule has 2 unspecified atom stereocenters. The van der Waals surface area contributed by atoms with Crippen LogP contribution in [0.25, 0.3) is 0 Å². The molecule has 0 aromatic heterocycles. The zero-order chi connectivity index (χ0) is 36.8. The summed E-state index contributed by atoms with van der Waals surface area (Å²) in [5, 5.41) is 6.07. The van der Waals surface area contributed by atoms with E-state index in [-0.39, 0.29) is 19.3 Å². The van der Waals surface area contributed by atoms with Gasteiger partial charge in [0.05, 0.1) is 14.2 Å². The lowest BCUT2D eigenvalue weighted by atomic mass is 9.98. The molecule has 0 fully saturated rings. The van der Waals surface area contributed by atoms with Crippen molar-refractivity contribution < 1.29 is 23.9 Å². The second-order valence-electron chi connectivity index (χ2n) is 12.4. The highest BCUT2D eigenvalue weighted by Crippen LogP contribution is 2.18. The number of esters is 2. The maximum Gasteiger partial charge on any atom is 0.328 e. The molecular weight excluding hydrogens is 657 g/mol. The Labute approximate surface area is 310 Å². The Balaban J connectivity index is 0.000000347. The lowest BCUT2D eigenvalue weighted by Gasteiger charge is -2.21. The molecule has 0 aliphatic rings. The molecule has 4 rings (SSSR count). The minimum absolute atomic E-state index is 0. The van der Waals surface area contributed by atoms with E-state index < -0.39 is 18.1 Å². The third-order valence-electron chi connectivity index (χ3n) is 8.64. The molecule has 0 bridgehead atoms. The third kappa shape index (κ3) is 12.2. The van der Waals surface area contributed by atoms with Gasteiger partial charge in [-0.3, -0.25) is 4.79 Å². The molecule has 2 atom stereocenters. The smallest absolute Gasteiger partial charge is 0.328 e. The standard InChI is InChI=1S/C21H25NO3.C21H25NO2S.CH4/c1-5-17-8-6-7-15(3)19(17)20(23)22-18(21(24)25-4)13-16-11-9-14(2)10-12-16;1-5-17-8-6-7-15(3)19(17)20(25)22-18(21(23)24-4)13-16-11-9-14(2)10-12-16;/h6-12,18H,5,13H2,1-4H3,(H,22,23);6-12,18H,5,13H2,1-4H3,(H,22,25);1H4. The van der Waals surface area contributed by atoms with Crippen molar-refractivity contribution in [1.29, 1.82) is 0 Å². The van der Waals surface area contributed by atoms with E-state index >= 15 is 0 Å². The van der Waals surface area contributed by atoms with Crippen LogP contribution in [0, 0.1) is 27.7 Å². The topological polar surface area (TPSA) is 93.7 Å². The Morgan fingerprint density at radius 2 is 1.00 bits per heavy atom. The van der Waals surface area contributed by atoms with E-state index in [0.717, 1.165) is 51.8 Å². The average molecular weight is 711 g/mol. The number of thiocarbonyl (C=S) groups is 1. The summed E-state index contributed by atoms with van der Waals surface area (Å²) < 4.78 is 9.85. The van der Waals surface area contributed by atoms with E-state index in [2.05, 4.69) is 23.6 Å². The SMILES string of the molecule is C.CCc1cccc(C)c1C(=O)NC(Cc1ccc(C)cc1)C(=O)OC.CCc1cccc(C)c1C(=S)NC(Cc1ccc(C)cc1)C(=O)OC. The number of rotatable bonds is 12. The second-order valence-corrected chi connectivity index (χ2v) is 12.8. The molecule has 0 spiro atoms. The molecule has 272 valence electrons. The molecule has 1 amide bonds. The summed E-state index contributed by atoms with van der Waals surface area (Å²) in [5.41, 5.74) is 10.2.